The number of rotatable bonds is 5. The lowest BCUT2D eigenvalue weighted by atomic mass is 9.48. The highest BCUT2D eigenvalue weighted by Gasteiger charge is 2.53. The molecule has 2 aromatic heterocycles. The highest BCUT2D eigenvalue weighted by Crippen LogP contribution is 2.61. The van der Waals surface area contributed by atoms with Crippen LogP contribution in [-0.4, -0.2) is 27.7 Å². The Labute approximate surface area is 181 Å². The molecule has 0 aliphatic heterocycles. The second kappa shape index (κ2) is 7.27. The van der Waals surface area contributed by atoms with Crippen LogP contribution in [0.5, 0.6) is 0 Å². The molecule has 0 radical (unpaired) electrons. The van der Waals surface area contributed by atoms with Crippen molar-refractivity contribution < 1.29 is 4.79 Å². The number of carbonyl (C=O) groups is 1. The van der Waals surface area contributed by atoms with E-state index in [1.54, 1.807) is 0 Å². The van der Waals surface area contributed by atoms with Crippen LogP contribution in [0.15, 0.2) is 13.8 Å². The van der Waals surface area contributed by atoms with Gasteiger partial charge in [-0.3, -0.25) is 14.6 Å². The van der Waals surface area contributed by atoms with Gasteiger partial charge in [-0.15, -0.1) is 23.1 Å². The van der Waals surface area contributed by atoms with Gasteiger partial charge >= 0.3 is 5.69 Å². The third-order valence-electron chi connectivity index (χ3n) is 7.38. The molecule has 7 nitrogen and oxygen atoms in total. The van der Waals surface area contributed by atoms with Crippen molar-refractivity contribution in [1.82, 2.24) is 15.3 Å². The number of thiophene rings is 1. The zero-order valence-corrected chi connectivity index (χ0v) is 18.4. The van der Waals surface area contributed by atoms with Gasteiger partial charge in [-0.1, -0.05) is 0 Å². The Kier molecular flexibility index (Phi) is 4.82. The van der Waals surface area contributed by atoms with Crippen LogP contribution < -0.4 is 16.6 Å². The second-order valence-electron chi connectivity index (χ2n) is 9.35. The molecule has 4 aliphatic rings. The van der Waals surface area contributed by atoms with Gasteiger partial charge in [0.15, 0.2) is 0 Å². The summed E-state index contributed by atoms with van der Waals surface area (Å²) in [5.41, 5.74) is -0.397. The Morgan fingerprint density at radius 2 is 1.87 bits per heavy atom. The standard InChI is InChI=1S/C21H24N4O3S2/c1-10(21-5-11-2-12(6-21)4-13(3-11)7-21)23-15(26)9-29-19-14(8-22)16-17(30-19)18(27)25-20(28)24-16/h10-13H,2-7,9H2,1H3,(H,23,26)(H2,24,25,27,28). The second-order valence-corrected chi connectivity index (χ2v) is 11.6. The summed E-state index contributed by atoms with van der Waals surface area (Å²) >= 11 is 2.39. The number of aromatic amines is 2. The summed E-state index contributed by atoms with van der Waals surface area (Å²) in [6.07, 6.45) is 7.83. The number of H-pyrrole nitrogens is 2. The number of aromatic nitrogens is 2. The molecule has 2 aromatic rings. The van der Waals surface area contributed by atoms with E-state index in [4.69, 9.17) is 0 Å². The molecule has 1 amide bonds. The van der Waals surface area contributed by atoms with Gasteiger partial charge in [0.05, 0.1) is 15.5 Å². The van der Waals surface area contributed by atoms with Gasteiger partial charge < -0.3 is 10.3 Å². The largest absolute Gasteiger partial charge is 0.352 e. The Morgan fingerprint density at radius 1 is 1.23 bits per heavy atom. The van der Waals surface area contributed by atoms with Crippen LogP contribution >= 0.6 is 23.1 Å². The fourth-order valence-corrected chi connectivity index (χ4v) is 8.61. The fourth-order valence-electron chi connectivity index (χ4n) is 6.47. The van der Waals surface area contributed by atoms with Crippen LogP contribution in [0.3, 0.4) is 0 Å². The predicted octanol–water partition coefficient (Wildman–Crippen LogP) is 2.96. The minimum Gasteiger partial charge on any atom is -0.352 e. The molecular weight excluding hydrogens is 420 g/mol. The monoisotopic (exact) mass is 444 g/mol. The zero-order valence-electron chi connectivity index (χ0n) is 16.7. The summed E-state index contributed by atoms with van der Waals surface area (Å²) in [6, 6.07) is 2.21. The van der Waals surface area contributed by atoms with Crippen molar-refractivity contribution in [1.29, 1.82) is 5.26 Å². The summed E-state index contributed by atoms with van der Waals surface area (Å²) < 4.78 is 0.883. The number of thioether (sulfide) groups is 1. The normalized spacial score (nSPS) is 30.3. The molecule has 158 valence electrons. The van der Waals surface area contributed by atoms with E-state index in [1.165, 1.54) is 50.3 Å². The summed E-state index contributed by atoms with van der Waals surface area (Å²) in [5, 5.41) is 12.7. The summed E-state index contributed by atoms with van der Waals surface area (Å²) in [6.45, 7) is 2.15. The van der Waals surface area contributed by atoms with Crippen molar-refractivity contribution in [2.75, 3.05) is 5.75 Å². The Bertz CT molecular complexity index is 1140. The molecule has 1 atom stereocenters. The number of hydrogen-bond acceptors (Lipinski definition) is 6. The molecule has 2 heterocycles. The van der Waals surface area contributed by atoms with E-state index in [-0.39, 0.29) is 34.2 Å². The van der Waals surface area contributed by atoms with Crippen molar-refractivity contribution in [2.45, 2.75) is 55.7 Å². The summed E-state index contributed by atoms with van der Waals surface area (Å²) in [7, 11) is 0. The van der Waals surface area contributed by atoms with Crippen LogP contribution in [0.1, 0.15) is 51.0 Å². The first-order valence-electron chi connectivity index (χ1n) is 10.5. The van der Waals surface area contributed by atoms with Crippen LogP contribution in [-0.2, 0) is 4.79 Å². The topological polar surface area (TPSA) is 119 Å². The number of fused-ring (bicyclic) bond motifs is 1. The first-order valence-corrected chi connectivity index (χ1v) is 12.3. The fraction of sp³-hybridized carbons (Fsp3) is 0.619. The smallest absolute Gasteiger partial charge is 0.326 e. The van der Waals surface area contributed by atoms with E-state index >= 15 is 0 Å². The predicted molar refractivity (Wildman–Crippen MR) is 117 cm³/mol. The van der Waals surface area contributed by atoms with Gasteiger partial charge in [0, 0.05) is 6.04 Å². The third kappa shape index (κ3) is 3.30. The van der Waals surface area contributed by atoms with Crippen LogP contribution in [0.2, 0.25) is 0 Å². The van der Waals surface area contributed by atoms with Crippen molar-refractivity contribution in [2.24, 2.45) is 23.2 Å². The number of carbonyl (C=O) groups excluding carboxylic acids is 1. The van der Waals surface area contributed by atoms with Gasteiger partial charge in [0.1, 0.15) is 16.3 Å². The maximum absolute atomic E-state index is 12.7. The highest BCUT2D eigenvalue weighted by atomic mass is 32.2. The van der Waals surface area contributed by atoms with Crippen LogP contribution in [0.4, 0.5) is 0 Å². The first kappa shape index (κ1) is 19.9. The minimum atomic E-state index is -0.638. The van der Waals surface area contributed by atoms with Crippen LogP contribution in [0.25, 0.3) is 10.2 Å². The average molecular weight is 445 g/mol. The number of nitrogens with one attached hydrogen (secondary N) is 3. The molecule has 0 saturated heterocycles. The molecule has 4 aliphatic carbocycles. The van der Waals surface area contributed by atoms with Crippen LogP contribution in [0, 0.1) is 34.5 Å². The van der Waals surface area contributed by atoms with E-state index in [0.29, 0.717) is 8.91 Å². The number of amides is 1. The highest BCUT2D eigenvalue weighted by molar-refractivity contribution is 8.02. The van der Waals surface area contributed by atoms with E-state index in [2.05, 4.69) is 28.3 Å². The summed E-state index contributed by atoms with van der Waals surface area (Å²) in [5.74, 6) is 2.64. The molecule has 4 fully saturated rings. The Balaban J connectivity index is 1.28. The van der Waals surface area contributed by atoms with Crippen molar-refractivity contribution in [3.63, 3.8) is 0 Å². The molecule has 1 unspecified atom stereocenters. The molecule has 9 heteroatoms. The molecule has 6 rings (SSSR count). The molecule has 4 bridgehead atoms. The van der Waals surface area contributed by atoms with E-state index < -0.39 is 11.2 Å². The number of nitrogens with zero attached hydrogens (tertiary/aromatic N) is 1. The third-order valence-corrected chi connectivity index (χ3v) is 9.84. The maximum Gasteiger partial charge on any atom is 0.326 e. The lowest BCUT2D eigenvalue weighted by molar-refractivity contribution is -0.123. The molecular formula is C21H24N4O3S2. The van der Waals surface area contributed by atoms with E-state index in [0.717, 1.165) is 29.1 Å². The van der Waals surface area contributed by atoms with Gasteiger partial charge in [-0.05, 0) is 68.6 Å². The van der Waals surface area contributed by atoms with E-state index in [1.807, 2.05) is 0 Å². The van der Waals surface area contributed by atoms with Crippen molar-refractivity contribution in [3.05, 3.63) is 26.4 Å². The quantitative estimate of drug-likeness (QED) is 0.613. The first-order chi connectivity index (χ1) is 14.4. The number of nitriles is 1. The lowest BCUT2D eigenvalue weighted by Gasteiger charge is -2.59. The SMILES string of the molecule is CC(NC(=O)CSc1sc2c(=O)[nH]c(=O)[nH]c2c1C#N)C12CC3CC(CC(C3)C1)C2. The average Bonchev–Trinajstić information content (AvgIpc) is 3.03. The molecule has 30 heavy (non-hydrogen) atoms. The van der Waals surface area contributed by atoms with Gasteiger partial charge in [-0.25, -0.2) is 4.79 Å². The van der Waals surface area contributed by atoms with Gasteiger partial charge in [0.25, 0.3) is 5.56 Å². The van der Waals surface area contributed by atoms with Gasteiger partial charge in [0.2, 0.25) is 5.91 Å². The molecule has 4 saturated carbocycles. The molecule has 3 N–H and O–H groups in total. The summed E-state index contributed by atoms with van der Waals surface area (Å²) in [4.78, 5) is 41.0. The molecule has 0 aromatic carbocycles. The minimum absolute atomic E-state index is 0.0491. The Morgan fingerprint density at radius 3 is 2.47 bits per heavy atom. The van der Waals surface area contributed by atoms with Crippen molar-refractivity contribution in [3.8, 4) is 6.07 Å². The lowest BCUT2D eigenvalue weighted by Crippen LogP contribution is -2.56. The Hall–Kier alpha value is -2.05. The maximum atomic E-state index is 12.7. The van der Waals surface area contributed by atoms with Gasteiger partial charge in [-0.2, -0.15) is 5.26 Å². The van der Waals surface area contributed by atoms with E-state index in [9.17, 15) is 19.6 Å². The zero-order chi connectivity index (χ0) is 21.0. The number of hydrogen-bond donors (Lipinski definition) is 3. The molecule has 0 spiro atoms. The van der Waals surface area contributed by atoms with Crippen molar-refractivity contribution >= 4 is 39.2 Å².